The minimum atomic E-state index is -0.824. The molecule has 0 amide bonds. The molecule has 0 aliphatic heterocycles. The highest BCUT2D eigenvalue weighted by Crippen LogP contribution is 2.47. The summed E-state index contributed by atoms with van der Waals surface area (Å²) in [5, 5.41) is 0. The van der Waals surface area contributed by atoms with Gasteiger partial charge in [0.2, 0.25) is 5.79 Å². The minimum Gasteiger partial charge on any atom is -0.228 e. The Labute approximate surface area is 130 Å². The van der Waals surface area contributed by atoms with Gasteiger partial charge in [0.15, 0.2) is 0 Å². The van der Waals surface area contributed by atoms with E-state index in [-0.39, 0.29) is 16.6 Å². The van der Waals surface area contributed by atoms with Gasteiger partial charge < -0.3 is 0 Å². The predicted octanol–water partition coefficient (Wildman–Crippen LogP) is 5.02. The van der Waals surface area contributed by atoms with Crippen molar-refractivity contribution in [2.45, 2.75) is 98.6 Å². The summed E-state index contributed by atoms with van der Waals surface area (Å²) in [5.74, 6) is -0.367. The van der Waals surface area contributed by atoms with Crippen molar-refractivity contribution in [2.75, 3.05) is 0 Å². The van der Waals surface area contributed by atoms with Gasteiger partial charge in [-0.15, -0.1) is 0 Å². The van der Waals surface area contributed by atoms with E-state index < -0.39 is 5.79 Å². The molecule has 0 N–H and O–H groups in total. The van der Waals surface area contributed by atoms with Crippen LogP contribution in [0.2, 0.25) is 0 Å². The molecule has 1 fully saturated rings. The average Bonchev–Trinajstić information content (AvgIpc) is 2.28. The summed E-state index contributed by atoms with van der Waals surface area (Å²) in [5.41, 5.74) is -0.484. The summed E-state index contributed by atoms with van der Waals surface area (Å²) in [6, 6.07) is 0. The van der Waals surface area contributed by atoms with Crippen LogP contribution in [0.15, 0.2) is 0 Å². The van der Waals surface area contributed by atoms with Crippen molar-refractivity contribution in [2.24, 2.45) is 11.3 Å². The molecule has 126 valence electrons. The summed E-state index contributed by atoms with van der Waals surface area (Å²) in [6.45, 7) is 18.6. The fourth-order valence-corrected chi connectivity index (χ4v) is 2.17. The van der Waals surface area contributed by atoms with Gasteiger partial charge in [0.05, 0.1) is 11.2 Å². The Kier molecular flexibility index (Phi) is 5.53. The third kappa shape index (κ3) is 6.23. The molecule has 0 spiro atoms. The van der Waals surface area contributed by atoms with Crippen molar-refractivity contribution in [3.8, 4) is 0 Å². The van der Waals surface area contributed by atoms with Crippen LogP contribution in [0.5, 0.6) is 0 Å². The second kappa shape index (κ2) is 6.15. The van der Waals surface area contributed by atoms with E-state index in [0.29, 0.717) is 5.92 Å². The second-order valence-electron chi connectivity index (χ2n) is 9.06. The quantitative estimate of drug-likeness (QED) is 0.415. The van der Waals surface area contributed by atoms with Crippen molar-refractivity contribution >= 4 is 0 Å². The third-order valence-electron chi connectivity index (χ3n) is 3.99. The van der Waals surface area contributed by atoms with Crippen LogP contribution in [0.3, 0.4) is 0 Å². The molecule has 1 aliphatic carbocycles. The molecule has 0 aromatic carbocycles. The van der Waals surface area contributed by atoms with Crippen molar-refractivity contribution < 1.29 is 19.6 Å². The first-order chi connectivity index (χ1) is 9.25. The lowest BCUT2D eigenvalue weighted by Crippen LogP contribution is -2.48. The molecule has 1 atom stereocenters. The molecule has 4 nitrogen and oxygen atoms in total. The normalized spacial score (nSPS) is 25.9. The van der Waals surface area contributed by atoms with Gasteiger partial charge in [0.1, 0.15) is 0 Å². The largest absolute Gasteiger partial charge is 0.234 e. The molecule has 0 radical (unpaired) electrons. The van der Waals surface area contributed by atoms with E-state index >= 15 is 0 Å². The van der Waals surface area contributed by atoms with Crippen LogP contribution in [0.25, 0.3) is 0 Å². The van der Waals surface area contributed by atoms with Crippen LogP contribution in [0, 0.1) is 11.3 Å². The molecule has 4 heteroatoms. The Morgan fingerprint density at radius 3 is 1.57 bits per heavy atom. The first-order valence-corrected chi connectivity index (χ1v) is 7.98. The molecule has 0 saturated heterocycles. The summed E-state index contributed by atoms with van der Waals surface area (Å²) in [6.07, 6.45) is 2.53. The van der Waals surface area contributed by atoms with E-state index in [1.807, 2.05) is 41.5 Å². The SMILES string of the molecule is CC1CC(OOC(C)(C)C)(OOC(C)(C)C)CCC1(C)C. The van der Waals surface area contributed by atoms with Crippen LogP contribution < -0.4 is 0 Å². The van der Waals surface area contributed by atoms with E-state index in [1.165, 1.54) is 0 Å². The summed E-state index contributed by atoms with van der Waals surface area (Å²) in [7, 11) is 0. The molecular weight excluding hydrogens is 268 g/mol. The molecule has 1 aliphatic rings. The Hall–Kier alpha value is -0.160. The molecule has 1 rings (SSSR count). The smallest absolute Gasteiger partial charge is 0.228 e. The van der Waals surface area contributed by atoms with Crippen molar-refractivity contribution in [1.29, 1.82) is 0 Å². The Morgan fingerprint density at radius 2 is 1.24 bits per heavy atom. The fourth-order valence-electron chi connectivity index (χ4n) is 2.17. The molecular formula is C17H34O4. The highest BCUT2D eigenvalue weighted by molar-refractivity contribution is 4.88. The number of hydrogen-bond donors (Lipinski definition) is 0. The Balaban J connectivity index is 2.80. The van der Waals surface area contributed by atoms with Crippen molar-refractivity contribution in [3.63, 3.8) is 0 Å². The molecule has 1 unspecified atom stereocenters. The molecule has 0 aromatic rings. The van der Waals surface area contributed by atoms with E-state index in [4.69, 9.17) is 19.6 Å². The van der Waals surface area contributed by atoms with Crippen molar-refractivity contribution in [1.82, 2.24) is 0 Å². The third-order valence-corrected chi connectivity index (χ3v) is 3.99. The lowest BCUT2D eigenvalue weighted by Gasteiger charge is -2.46. The molecule has 21 heavy (non-hydrogen) atoms. The van der Waals surface area contributed by atoms with Crippen molar-refractivity contribution in [3.05, 3.63) is 0 Å². The molecule has 1 saturated carbocycles. The van der Waals surface area contributed by atoms with Gasteiger partial charge in [0.25, 0.3) is 0 Å². The van der Waals surface area contributed by atoms with Gasteiger partial charge in [-0.3, -0.25) is 0 Å². The van der Waals surface area contributed by atoms with Gasteiger partial charge in [-0.25, -0.2) is 9.78 Å². The monoisotopic (exact) mass is 302 g/mol. The standard InChI is InChI=1S/C17H34O4/c1-13-12-17(11-10-16(13,8)9,20-18-14(2,3)4)21-19-15(5,6)7/h13H,10-12H2,1-9H3. The fraction of sp³-hybridized carbons (Fsp3) is 1.00. The van der Waals surface area contributed by atoms with Gasteiger partial charge in [0, 0.05) is 12.8 Å². The van der Waals surface area contributed by atoms with Gasteiger partial charge in [-0.2, -0.15) is 9.78 Å². The molecule has 0 bridgehead atoms. The van der Waals surface area contributed by atoms with E-state index in [2.05, 4.69) is 20.8 Å². The highest BCUT2D eigenvalue weighted by atomic mass is 17.3. The summed E-state index contributed by atoms with van der Waals surface area (Å²) < 4.78 is 0. The predicted molar refractivity (Wildman–Crippen MR) is 83.4 cm³/mol. The zero-order valence-electron chi connectivity index (χ0n) is 15.3. The maximum atomic E-state index is 5.75. The Bertz CT molecular complexity index is 318. The van der Waals surface area contributed by atoms with Crippen LogP contribution in [0.4, 0.5) is 0 Å². The van der Waals surface area contributed by atoms with E-state index in [9.17, 15) is 0 Å². The molecule has 0 aromatic heterocycles. The summed E-state index contributed by atoms with van der Waals surface area (Å²) in [4.78, 5) is 22.6. The molecule has 0 heterocycles. The maximum Gasteiger partial charge on any atom is 0.234 e. The lowest BCUT2D eigenvalue weighted by molar-refractivity contribution is -0.549. The second-order valence-corrected chi connectivity index (χ2v) is 9.06. The first-order valence-electron chi connectivity index (χ1n) is 7.98. The first kappa shape index (κ1) is 18.9. The van der Waals surface area contributed by atoms with Crippen LogP contribution in [0.1, 0.15) is 81.6 Å². The van der Waals surface area contributed by atoms with Gasteiger partial charge in [-0.05, 0) is 59.3 Å². The average molecular weight is 302 g/mol. The minimum absolute atomic E-state index is 0.277. The topological polar surface area (TPSA) is 36.9 Å². The van der Waals surface area contributed by atoms with Gasteiger partial charge >= 0.3 is 0 Å². The van der Waals surface area contributed by atoms with Crippen LogP contribution in [-0.4, -0.2) is 17.0 Å². The number of rotatable bonds is 4. The van der Waals surface area contributed by atoms with E-state index in [0.717, 1.165) is 19.3 Å². The van der Waals surface area contributed by atoms with Crippen LogP contribution >= 0.6 is 0 Å². The van der Waals surface area contributed by atoms with Gasteiger partial charge in [-0.1, -0.05) is 20.8 Å². The zero-order valence-corrected chi connectivity index (χ0v) is 15.3. The Morgan fingerprint density at radius 1 is 0.810 bits per heavy atom. The lowest BCUT2D eigenvalue weighted by atomic mass is 9.68. The zero-order chi connectivity index (χ0) is 16.5. The van der Waals surface area contributed by atoms with Crippen LogP contribution in [-0.2, 0) is 19.6 Å². The maximum absolute atomic E-state index is 5.75. The number of hydrogen-bond acceptors (Lipinski definition) is 4. The summed E-state index contributed by atoms with van der Waals surface area (Å²) >= 11 is 0. The van der Waals surface area contributed by atoms with E-state index in [1.54, 1.807) is 0 Å². The highest BCUT2D eigenvalue weighted by Gasteiger charge is 2.48.